The Kier molecular flexibility index (Phi) is 3.58. The van der Waals surface area contributed by atoms with Gasteiger partial charge in [-0.3, -0.25) is 0 Å². The first-order valence-electron chi connectivity index (χ1n) is 7.29. The van der Waals surface area contributed by atoms with Crippen LogP contribution in [0.5, 0.6) is 0 Å². The maximum absolute atomic E-state index is 13.4. The molecule has 0 spiro atoms. The maximum Gasteiger partial charge on any atom is 0.178 e. The van der Waals surface area contributed by atoms with Gasteiger partial charge in [0, 0.05) is 12.1 Å². The van der Waals surface area contributed by atoms with Gasteiger partial charge in [-0.05, 0) is 48.9 Å². The fourth-order valence-electron chi connectivity index (χ4n) is 3.19. The van der Waals surface area contributed by atoms with Gasteiger partial charge in [-0.25, -0.2) is 12.8 Å². The summed E-state index contributed by atoms with van der Waals surface area (Å²) in [6, 6.07) is 4.45. The first-order chi connectivity index (χ1) is 9.51. The number of benzene rings is 1. The highest BCUT2D eigenvalue weighted by molar-refractivity contribution is 7.91. The van der Waals surface area contributed by atoms with Crippen molar-refractivity contribution >= 4 is 9.84 Å². The zero-order chi connectivity index (χ0) is 14.3. The molecule has 1 aromatic rings. The number of halogens is 1. The predicted octanol–water partition coefficient (Wildman–Crippen LogP) is 2.82. The molecular formula is C15H20FNO2S. The second-order valence-corrected chi connectivity index (χ2v) is 7.98. The van der Waals surface area contributed by atoms with Crippen LogP contribution in [0.1, 0.15) is 44.2 Å². The van der Waals surface area contributed by atoms with E-state index in [0.717, 1.165) is 6.42 Å². The molecule has 0 saturated heterocycles. The van der Waals surface area contributed by atoms with E-state index in [1.807, 2.05) is 0 Å². The molecule has 20 heavy (non-hydrogen) atoms. The van der Waals surface area contributed by atoms with E-state index in [0.29, 0.717) is 28.8 Å². The van der Waals surface area contributed by atoms with Crippen molar-refractivity contribution in [3.05, 3.63) is 29.6 Å². The Morgan fingerprint density at radius 3 is 2.95 bits per heavy atom. The summed E-state index contributed by atoms with van der Waals surface area (Å²) in [7, 11) is -3.24. The van der Waals surface area contributed by atoms with Gasteiger partial charge < -0.3 is 5.32 Å². The van der Waals surface area contributed by atoms with Crippen molar-refractivity contribution in [2.24, 2.45) is 5.92 Å². The van der Waals surface area contributed by atoms with Crippen LogP contribution in [-0.4, -0.2) is 20.2 Å². The van der Waals surface area contributed by atoms with Crippen LogP contribution in [0.2, 0.25) is 0 Å². The zero-order valence-electron chi connectivity index (χ0n) is 11.6. The number of nitrogens with one attached hydrogen (secondary N) is 1. The van der Waals surface area contributed by atoms with Crippen molar-refractivity contribution in [3.8, 4) is 0 Å². The van der Waals surface area contributed by atoms with Gasteiger partial charge >= 0.3 is 0 Å². The van der Waals surface area contributed by atoms with Crippen LogP contribution in [0.25, 0.3) is 0 Å². The molecule has 5 heteroatoms. The normalized spacial score (nSPS) is 30.8. The molecule has 1 aromatic carbocycles. The van der Waals surface area contributed by atoms with Crippen molar-refractivity contribution in [1.29, 1.82) is 0 Å². The SMILES string of the molecule is CCCC1CC1NC1CCS(=O)(=O)c2ccc(F)cc21. The fraction of sp³-hybridized carbons (Fsp3) is 0.600. The first-order valence-corrected chi connectivity index (χ1v) is 8.94. The molecule has 0 radical (unpaired) electrons. The van der Waals surface area contributed by atoms with Crippen molar-refractivity contribution in [2.75, 3.05) is 5.75 Å². The molecule has 1 heterocycles. The second-order valence-electron chi connectivity index (χ2n) is 5.90. The van der Waals surface area contributed by atoms with Gasteiger partial charge in [-0.15, -0.1) is 0 Å². The molecule has 1 saturated carbocycles. The Morgan fingerprint density at radius 1 is 1.40 bits per heavy atom. The van der Waals surface area contributed by atoms with E-state index >= 15 is 0 Å². The molecule has 3 atom stereocenters. The van der Waals surface area contributed by atoms with Gasteiger partial charge in [0.1, 0.15) is 5.82 Å². The number of rotatable bonds is 4. The van der Waals surface area contributed by atoms with Crippen LogP contribution < -0.4 is 5.32 Å². The molecule has 110 valence electrons. The minimum absolute atomic E-state index is 0.0314. The van der Waals surface area contributed by atoms with E-state index in [1.165, 1.54) is 31.0 Å². The van der Waals surface area contributed by atoms with E-state index in [4.69, 9.17) is 0 Å². The van der Waals surface area contributed by atoms with E-state index in [1.54, 1.807) is 0 Å². The summed E-state index contributed by atoms with van der Waals surface area (Å²) in [5.41, 5.74) is 0.610. The van der Waals surface area contributed by atoms with Gasteiger partial charge in [0.2, 0.25) is 0 Å². The van der Waals surface area contributed by atoms with Crippen molar-refractivity contribution in [3.63, 3.8) is 0 Å². The maximum atomic E-state index is 13.4. The van der Waals surface area contributed by atoms with E-state index in [2.05, 4.69) is 12.2 Å². The molecule has 1 N–H and O–H groups in total. The molecular weight excluding hydrogens is 277 g/mol. The standard InChI is InChI=1S/C15H20FNO2S/c1-2-3-10-8-14(10)17-13-6-7-20(18,19)15-5-4-11(16)9-12(13)15/h4-5,9-10,13-14,17H,2-3,6-8H2,1H3. The average molecular weight is 297 g/mol. The van der Waals surface area contributed by atoms with Crippen LogP contribution >= 0.6 is 0 Å². The molecule has 3 nitrogen and oxygen atoms in total. The summed E-state index contributed by atoms with van der Waals surface area (Å²) < 4.78 is 37.5. The van der Waals surface area contributed by atoms with Crippen LogP contribution in [0.4, 0.5) is 4.39 Å². The summed E-state index contributed by atoms with van der Waals surface area (Å²) in [6.45, 7) is 2.17. The summed E-state index contributed by atoms with van der Waals surface area (Å²) in [4.78, 5) is 0.301. The third-order valence-electron chi connectivity index (χ3n) is 4.35. The largest absolute Gasteiger partial charge is 0.307 e. The van der Waals surface area contributed by atoms with Gasteiger partial charge in [0.05, 0.1) is 10.6 Å². The topological polar surface area (TPSA) is 46.2 Å². The van der Waals surface area contributed by atoms with Crippen LogP contribution in [-0.2, 0) is 9.84 Å². The third kappa shape index (κ3) is 2.61. The lowest BCUT2D eigenvalue weighted by atomic mass is 10.0. The van der Waals surface area contributed by atoms with E-state index in [9.17, 15) is 12.8 Å². The van der Waals surface area contributed by atoms with Crippen LogP contribution in [0.15, 0.2) is 23.1 Å². The number of hydrogen-bond acceptors (Lipinski definition) is 3. The lowest BCUT2D eigenvalue weighted by Gasteiger charge is -2.26. The Bertz CT molecular complexity index is 614. The van der Waals surface area contributed by atoms with Crippen molar-refractivity contribution in [1.82, 2.24) is 5.32 Å². The summed E-state index contributed by atoms with van der Waals surface area (Å²) in [5, 5.41) is 3.52. The Morgan fingerprint density at radius 2 is 2.20 bits per heavy atom. The summed E-state index contributed by atoms with van der Waals surface area (Å²) >= 11 is 0. The minimum Gasteiger partial charge on any atom is -0.307 e. The first kappa shape index (κ1) is 14.0. The Balaban J connectivity index is 1.83. The Labute approximate surface area is 119 Å². The lowest BCUT2D eigenvalue weighted by molar-refractivity contribution is 0.467. The summed E-state index contributed by atoms with van der Waals surface area (Å²) in [5.74, 6) is 0.484. The Hall–Kier alpha value is -0.940. The zero-order valence-corrected chi connectivity index (χ0v) is 12.4. The second kappa shape index (κ2) is 5.11. The quantitative estimate of drug-likeness (QED) is 0.869. The minimum atomic E-state index is -3.24. The summed E-state index contributed by atoms with van der Waals surface area (Å²) in [6.07, 6.45) is 4.07. The molecule has 1 aliphatic carbocycles. The van der Waals surface area contributed by atoms with Gasteiger partial charge in [0.25, 0.3) is 0 Å². The number of fused-ring (bicyclic) bond motifs is 1. The highest BCUT2D eigenvalue weighted by atomic mass is 32.2. The number of sulfone groups is 1. The molecule has 0 bridgehead atoms. The molecule has 2 aliphatic rings. The molecule has 3 rings (SSSR count). The average Bonchev–Trinajstić information content (AvgIpc) is 3.11. The molecule has 0 aromatic heterocycles. The van der Waals surface area contributed by atoms with Crippen molar-refractivity contribution in [2.45, 2.75) is 49.6 Å². The molecule has 0 amide bonds. The van der Waals surface area contributed by atoms with Crippen LogP contribution in [0, 0.1) is 11.7 Å². The lowest BCUT2D eigenvalue weighted by Crippen LogP contribution is -2.32. The van der Waals surface area contributed by atoms with E-state index in [-0.39, 0.29) is 17.6 Å². The van der Waals surface area contributed by atoms with Gasteiger partial charge in [0.15, 0.2) is 9.84 Å². The highest BCUT2D eigenvalue weighted by Crippen LogP contribution is 2.39. The monoisotopic (exact) mass is 297 g/mol. The fourth-order valence-corrected chi connectivity index (χ4v) is 4.79. The van der Waals surface area contributed by atoms with E-state index < -0.39 is 9.84 Å². The van der Waals surface area contributed by atoms with Gasteiger partial charge in [-0.1, -0.05) is 13.3 Å². The van der Waals surface area contributed by atoms with Crippen molar-refractivity contribution < 1.29 is 12.8 Å². The third-order valence-corrected chi connectivity index (χ3v) is 6.17. The molecule has 1 aliphatic heterocycles. The van der Waals surface area contributed by atoms with Crippen LogP contribution in [0.3, 0.4) is 0 Å². The van der Waals surface area contributed by atoms with Gasteiger partial charge in [-0.2, -0.15) is 0 Å². The molecule has 1 fully saturated rings. The number of hydrogen-bond donors (Lipinski definition) is 1. The predicted molar refractivity (Wildman–Crippen MR) is 75.7 cm³/mol. The highest BCUT2D eigenvalue weighted by Gasteiger charge is 2.39. The molecule has 3 unspecified atom stereocenters. The smallest absolute Gasteiger partial charge is 0.178 e.